The third-order valence-corrected chi connectivity index (χ3v) is 28.9. The number of ether oxygens (including phenoxy) is 2. The molecule has 6 aromatic heterocycles. The zero-order valence-electron chi connectivity index (χ0n) is 77.1. The van der Waals surface area contributed by atoms with Gasteiger partial charge in [0, 0.05) is 91.7 Å². The lowest BCUT2D eigenvalue weighted by Gasteiger charge is -2.32. The van der Waals surface area contributed by atoms with E-state index in [0.717, 1.165) is 89.7 Å². The lowest BCUT2D eigenvalue weighted by atomic mass is 9.76. The molecule has 0 aliphatic carbocycles. The van der Waals surface area contributed by atoms with Crippen molar-refractivity contribution in [2.75, 3.05) is 27.6 Å². The summed E-state index contributed by atoms with van der Waals surface area (Å²) in [4.78, 5) is 37.6. The maximum Gasteiger partial charge on any atom is 0.495 e. The van der Waals surface area contributed by atoms with Crippen LogP contribution < -0.4 is 28.3 Å². The number of methoxy groups -OCH3 is 2. The molecule has 143 heavy (non-hydrogen) atoms. The number of hydrogen-bond donors (Lipinski definition) is 1. The third kappa shape index (κ3) is 24.7. The number of nitriles is 3. The molecule has 0 saturated carbocycles. The van der Waals surface area contributed by atoms with Gasteiger partial charge in [-0.15, -0.1) is 47.3 Å². The number of fused-ring (bicyclic) bond motifs is 3. The van der Waals surface area contributed by atoms with Crippen LogP contribution >= 0.6 is 69.9 Å². The molecular formula is C103H79B2Br3F6IN15O10S3. The van der Waals surface area contributed by atoms with Crippen molar-refractivity contribution in [2.24, 2.45) is 0 Å². The standard InChI is InChI=1S/C35H25F2N5O3S.C28H30BN3O5S.C27H17F2N5O2S.C13H7F2IN2.BBr3/c1-22-33(17-26(19-38)35(41-22)25-14-27(36)18-28(37)15-25)32-5-3-4-24-16-30(10-11-31(24)32)46(43,44)42(34-12-13-39-21-40-34)20-23-6-8-29(45-2)9-7-23;1-27(2)28(3,4)37-29(36-27)25-8-6-7-21-17-23(13-14-24(21)25)38(33,34)32(26-15-16-30-19-31-26)18-20-9-11-22(35-5)12-10-20;1-16-25(12-19(14-30)27(33-16)18-9-20(28)13-21(29)10-18)24-4-2-3-17-11-22(5-6-23(17)24)37(35,36)34-26-7-8-31-15-32-26;1-7-12(16)4-9(6-17)13(18-7)8-2-10(14)5-11(15)3-8;2-1(3)4/h3-18,21H,20H2,1-2H3;6-17,19H,18H2,1-5H3;2-13,15H,1H3,(H,31,32,34);2-5H,1H3;. The molecule has 720 valence electrons. The van der Waals surface area contributed by atoms with Gasteiger partial charge in [0.05, 0.1) is 92.7 Å². The van der Waals surface area contributed by atoms with Gasteiger partial charge in [-0.3, -0.25) is 19.7 Å². The summed E-state index contributed by atoms with van der Waals surface area (Å²) < 4.78 is 193. The number of sulfonamides is 3. The monoisotopic (exact) mass is 2280 g/mol. The molecule has 18 rings (SSSR count). The fraction of sp³-hybridized carbons (Fsp3) is 0.126. The summed E-state index contributed by atoms with van der Waals surface area (Å²) in [5, 5.41) is 33.2. The van der Waals surface area contributed by atoms with Crippen molar-refractivity contribution in [1.82, 2.24) is 44.9 Å². The van der Waals surface area contributed by atoms with Gasteiger partial charge in [0.2, 0.25) is 0 Å². The molecule has 0 spiro atoms. The molecular weight excluding hydrogens is 2210 g/mol. The minimum Gasteiger partial charge on any atom is -0.497 e. The van der Waals surface area contributed by atoms with Crippen molar-refractivity contribution >= 4 is 165 Å². The third-order valence-electron chi connectivity index (χ3n) is 22.9. The Balaban J connectivity index is 0.000000155. The van der Waals surface area contributed by atoms with E-state index >= 15 is 0 Å². The molecule has 1 aliphatic heterocycles. The van der Waals surface area contributed by atoms with Gasteiger partial charge in [-0.2, -0.15) is 15.8 Å². The van der Waals surface area contributed by atoms with Crippen molar-refractivity contribution in [2.45, 2.75) is 87.4 Å². The summed E-state index contributed by atoms with van der Waals surface area (Å²) in [5.74, 6) is -2.48. The summed E-state index contributed by atoms with van der Waals surface area (Å²) in [6, 6.07) is 70.3. The summed E-state index contributed by atoms with van der Waals surface area (Å²) in [7, 11) is -9.40. The predicted molar refractivity (Wildman–Crippen MR) is 558 cm³/mol. The number of anilines is 3. The second-order valence-corrected chi connectivity index (χ2v) is 45.8. The van der Waals surface area contributed by atoms with Crippen molar-refractivity contribution in [1.29, 1.82) is 15.8 Å². The maximum atomic E-state index is 14.2. The van der Waals surface area contributed by atoms with E-state index in [0.29, 0.717) is 67.3 Å². The van der Waals surface area contributed by atoms with E-state index in [1.54, 1.807) is 156 Å². The minimum absolute atomic E-state index is 0.0186. The Morgan fingerprint density at radius 3 is 1.15 bits per heavy atom. The minimum atomic E-state index is -4.10. The average molecular weight is 2290 g/mol. The number of benzene rings is 11. The molecule has 17 aromatic rings. The number of aryl methyl sites for hydroxylation is 3. The van der Waals surface area contributed by atoms with Crippen molar-refractivity contribution < 1.29 is 70.4 Å². The molecule has 0 unspecified atom stereocenters. The van der Waals surface area contributed by atoms with Crippen LogP contribution in [0.15, 0.2) is 301 Å². The average Bonchev–Trinajstić information content (AvgIpc) is 1.56. The van der Waals surface area contributed by atoms with Gasteiger partial charge in [0.25, 0.3) is 30.1 Å². The van der Waals surface area contributed by atoms with Crippen LogP contribution in [0.2, 0.25) is 0 Å². The molecule has 1 aliphatic rings. The van der Waals surface area contributed by atoms with E-state index in [9.17, 15) is 62.1 Å². The molecule has 0 radical (unpaired) electrons. The van der Waals surface area contributed by atoms with Crippen LogP contribution in [-0.4, -0.2) is 106 Å². The Labute approximate surface area is 859 Å². The Bertz CT molecular complexity index is 8120. The summed E-state index contributed by atoms with van der Waals surface area (Å²) >= 11 is 11.4. The molecule has 1 saturated heterocycles. The molecule has 0 amide bonds. The van der Waals surface area contributed by atoms with Gasteiger partial charge in [0.1, 0.15) is 101 Å². The summed E-state index contributed by atoms with van der Waals surface area (Å²) in [6.07, 6.45) is 8.30. The highest BCUT2D eigenvalue weighted by Gasteiger charge is 2.52. The molecule has 1 N–H and O–H groups in total. The number of pyridine rings is 3. The second kappa shape index (κ2) is 45.1. The summed E-state index contributed by atoms with van der Waals surface area (Å²) in [5.41, 5.74) is 7.69. The van der Waals surface area contributed by atoms with E-state index in [1.807, 2.05) is 82.3 Å². The molecule has 1 fully saturated rings. The first-order valence-corrected chi connectivity index (χ1v) is 51.2. The lowest BCUT2D eigenvalue weighted by molar-refractivity contribution is 0.00578. The highest BCUT2D eigenvalue weighted by Crippen LogP contribution is 2.42. The molecule has 0 atom stereocenters. The van der Waals surface area contributed by atoms with Crippen molar-refractivity contribution in [3.63, 3.8) is 0 Å². The summed E-state index contributed by atoms with van der Waals surface area (Å²) in [6.45, 7) is 13.4. The second-order valence-electron chi connectivity index (χ2n) is 32.8. The number of nitrogens with one attached hydrogen (secondary N) is 1. The highest BCUT2D eigenvalue weighted by atomic mass is 127. The van der Waals surface area contributed by atoms with Crippen LogP contribution in [0.25, 0.3) is 88.3 Å². The Morgan fingerprint density at radius 1 is 0.427 bits per heavy atom. The normalized spacial score (nSPS) is 12.4. The van der Waals surface area contributed by atoms with Crippen LogP contribution in [0.4, 0.5) is 43.8 Å². The Kier molecular flexibility index (Phi) is 33.1. The van der Waals surface area contributed by atoms with Crippen LogP contribution in [0, 0.1) is 93.2 Å². The highest BCUT2D eigenvalue weighted by molar-refractivity contribution is 14.1. The number of halogens is 10. The van der Waals surface area contributed by atoms with Gasteiger partial charge < -0.3 is 18.8 Å². The van der Waals surface area contributed by atoms with E-state index in [-0.39, 0.29) is 87.6 Å². The van der Waals surface area contributed by atoms with E-state index < -0.39 is 83.3 Å². The van der Waals surface area contributed by atoms with Gasteiger partial charge in [-0.25, -0.2) is 90.1 Å². The SMILES string of the molecule is BrB(Br)Br.COc1ccc(CN(c2ccncn2)S(=O)(=O)c2ccc3c(-c4cc(C#N)c(-c5cc(F)cc(F)c5)nc4C)cccc3c2)cc1.COc1ccc(CN(c2ccncn2)S(=O)(=O)c2ccc3c(B4OC(C)(C)C(C)(C)O4)cccc3c2)cc1.Cc1nc(-c2cc(F)cc(F)c2)c(C#N)cc1-c1cccc2cc(S(=O)(=O)Nc3ccncn3)ccc12.Cc1nc(-c2cc(F)cc(F)c2)c(C#N)cc1I. The molecule has 0 bridgehead atoms. The van der Waals surface area contributed by atoms with Crippen molar-refractivity contribution in [3.8, 4) is 85.7 Å². The number of rotatable bonds is 21. The van der Waals surface area contributed by atoms with Crippen LogP contribution in [0.5, 0.6) is 11.5 Å². The molecule has 40 heteroatoms. The molecule has 7 heterocycles. The van der Waals surface area contributed by atoms with Gasteiger partial charge in [0.15, 0.2) is 0 Å². The topological polar surface area (TPSA) is 345 Å². The first kappa shape index (κ1) is 105. The van der Waals surface area contributed by atoms with Crippen molar-refractivity contribution in [3.05, 3.63) is 370 Å². The first-order valence-electron chi connectivity index (χ1n) is 43.0. The van der Waals surface area contributed by atoms with Gasteiger partial charge in [-0.05, 0) is 252 Å². The fourth-order valence-corrected chi connectivity index (χ4v) is 19.7. The first-order chi connectivity index (χ1) is 68.2. The van der Waals surface area contributed by atoms with E-state index in [4.69, 9.17) is 24.0 Å². The fourth-order valence-electron chi connectivity index (χ4n) is 15.3. The van der Waals surface area contributed by atoms with Gasteiger partial charge in [-0.1, -0.05) is 97.1 Å². The maximum absolute atomic E-state index is 14.2. The number of aromatic nitrogens is 9. The van der Waals surface area contributed by atoms with Crippen LogP contribution in [0.1, 0.15) is 72.6 Å². The van der Waals surface area contributed by atoms with E-state index in [2.05, 4.69) is 132 Å². The molecule has 25 nitrogen and oxygen atoms in total. The zero-order chi connectivity index (χ0) is 103. The number of hydrogen-bond acceptors (Lipinski definition) is 22. The Morgan fingerprint density at radius 2 is 0.776 bits per heavy atom. The quantitative estimate of drug-likeness (QED) is 0.0397. The van der Waals surface area contributed by atoms with E-state index in [1.165, 1.54) is 82.6 Å². The molecule has 11 aromatic carbocycles. The zero-order valence-corrected chi connectivity index (χ0v) is 86.4. The Hall–Kier alpha value is -14.0. The number of nitrogens with zero attached hydrogens (tertiary/aromatic N) is 14. The lowest BCUT2D eigenvalue weighted by Crippen LogP contribution is -2.41. The van der Waals surface area contributed by atoms with Crippen LogP contribution in [0.3, 0.4) is 0 Å². The van der Waals surface area contributed by atoms with Crippen LogP contribution in [-0.2, 0) is 52.5 Å². The predicted octanol–water partition coefficient (Wildman–Crippen LogP) is 23.1. The van der Waals surface area contributed by atoms with Gasteiger partial charge >= 0.3 is 10.3 Å². The smallest absolute Gasteiger partial charge is 0.495 e. The largest absolute Gasteiger partial charge is 0.497 e.